The van der Waals surface area contributed by atoms with Gasteiger partial charge in [-0.3, -0.25) is 4.79 Å². The van der Waals surface area contributed by atoms with Crippen molar-refractivity contribution < 1.29 is 13.2 Å². The molecule has 1 aromatic rings. The first-order chi connectivity index (χ1) is 11.2. The highest BCUT2D eigenvalue weighted by atomic mass is 32.2. The van der Waals surface area contributed by atoms with Crippen molar-refractivity contribution >= 4 is 21.4 Å². The highest BCUT2D eigenvalue weighted by Gasteiger charge is 2.14. The molecule has 0 atom stereocenters. The van der Waals surface area contributed by atoms with E-state index in [-0.39, 0.29) is 11.2 Å². The molecule has 0 N–H and O–H groups in total. The van der Waals surface area contributed by atoms with Crippen molar-refractivity contribution in [3.05, 3.63) is 29.8 Å². The Morgan fingerprint density at radius 2 is 1.54 bits per heavy atom. The SMILES string of the molecule is CC(=O)N(C)c1ccc(CCCCCCCS(=O)(=O)C(C)C)cc1. The Balaban J connectivity index is 2.21. The molecule has 0 heterocycles. The molecule has 0 saturated carbocycles. The maximum atomic E-state index is 11.7. The molecule has 0 bridgehead atoms. The zero-order chi connectivity index (χ0) is 18.2. The number of anilines is 1. The Morgan fingerprint density at radius 3 is 2.08 bits per heavy atom. The molecule has 5 heteroatoms. The van der Waals surface area contributed by atoms with Gasteiger partial charge < -0.3 is 4.90 Å². The van der Waals surface area contributed by atoms with Crippen LogP contribution < -0.4 is 4.90 Å². The van der Waals surface area contributed by atoms with Gasteiger partial charge in [0.2, 0.25) is 5.91 Å². The average Bonchev–Trinajstić information content (AvgIpc) is 2.53. The van der Waals surface area contributed by atoms with E-state index in [1.807, 2.05) is 12.1 Å². The number of benzene rings is 1. The highest BCUT2D eigenvalue weighted by molar-refractivity contribution is 7.91. The van der Waals surface area contributed by atoms with Gasteiger partial charge in [-0.25, -0.2) is 8.42 Å². The summed E-state index contributed by atoms with van der Waals surface area (Å²) >= 11 is 0. The van der Waals surface area contributed by atoms with Crippen molar-refractivity contribution in [3.8, 4) is 0 Å². The average molecular weight is 354 g/mol. The quantitative estimate of drug-likeness (QED) is 0.598. The van der Waals surface area contributed by atoms with Crippen LogP contribution in [-0.2, 0) is 21.1 Å². The lowest BCUT2D eigenvalue weighted by Gasteiger charge is -2.15. The third-order valence-electron chi connectivity index (χ3n) is 4.41. The number of carbonyl (C=O) groups excluding carboxylic acids is 1. The lowest BCUT2D eigenvalue weighted by Crippen LogP contribution is -2.22. The highest BCUT2D eigenvalue weighted by Crippen LogP contribution is 2.16. The number of carbonyl (C=O) groups is 1. The molecule has 136 valence electrons. The molecular weight excluding hydrogens is 322 g/mol. The first-order valence-electron chi connectivity index (χ1n) is 8.79. The van der Waals surface area contributed by atoms with Gasteiger partial charge in [0.05, 0.1) is 11.0 Å². The Labute approximate surface area is 147 Å². The molecule has 0 aliphatic heterocycles. The van der Waals surface area contributed by atoms with E-state index >= 15 is 0 Å². The fourth-order valence-corrected chi connectivity index (χ4v) is 3.54. The van der Waals surface area contributed by atoms with E-state index < -0.39 is 9.84 Å². The first-order valence-corrected chi connectivity index (χ1v) is 10.5. The minimum atomic E-state index is -2.88. The van der Waals surface area contributed by atoms with Crippen molar-refractivity contribution in [2.75, 3.05) is 17.7 Å². The normalized spacial score (nSPS) is 11.7. The molecule has 0 unspecified atom stereocenters. The van der Waals surface area contributed by atoms with Crippen LogP contribution in [0.1, 0.15) is 58.4 Å². The molecule has 0 aliphatic rings. The summed E-state index contributed by atoms with van der Waals surface area (Å²) in [5.74, 6) is 0.345. The fraction of sp³-hybridized carbons (Fsp3) is 0.632. The number of hydrogen-bond acceptors (Lipinski definition) is 3. The van der Waals surface area contributed by atoms with Crippen LogP contribution in [0.3, 0.4) is 0 Å². The largest absolute Gasteiger partial charge is 0.316 e. The maximum Gasteiger partial charge on any atom is 0.223 e. The van der Waals surface area contributed by atoms with Crippen LogP contribution in [0.15, 0.2) is 24.3 Å². The number of amides is 1. The molecule has 0 fully saturated rings. The molecule has 1 aromatic carbocycles. The van der Waals surface area contributed by atoms with E-state index in [0.29, 0.717) is 5.75 Å². The standard InChI is InChI=1S/C19H31NO3S/c1-16(2)24(22,23)15-9-7-5-6-8-10-18-11-13-19(14-12-18)20(4)17(3)21/h11-14,16H,5-10,15H2,1-4H3. The second kappa shape index (κ2) is 9.82. The lowest BCUT2D eigenvalue weighted by molar-refractivity contribution is -0.116. The minimum Gasteiger partial charge on any atom is -0.316 e. The van der Waals surface area contributed by atoms with Crippen molar-refractivity contribution in [1.82, 2.24) is 0 Å². The first kappa shape index (κ1) is 20.7. The summed E-state index contributed by atoms with van der Waals surface area (Å²) in [4.78, 5) is 12.9. The molecular formula is C19H31NO3S. The lowest BCUT2D eigenvalue weighted by atomic mass is 10.1. The van der Waals surface area contributed by atoms with Gasteiger partial charge in [0, 0.05) is 19.7 Å². The number of nitrogens with zero attached hydrogens (tertiary/aromatic N) is 1. The van der Waals surface area contributed by atoms with E-state index in [0.717, 1.165) is 44.2 Å². The summed E-state index contributed by atoms with van der Waals surface area (Å²) in [5.41, 5.74) is 2.19. The maximum absolute atomic E-state index is 11.7. The van der Waals surface area contributed by atoms with Crippen LogP contribution in [-0.4, -0.2) is 32.4 Å². The van der Waals surface area contributed by atoms with Crippen molar-refractivity contribution in [3.63, 3.8) is 0 Å². The van der Waals surface area contributed by atoms with Gasteiger partial charge >= 0.3 is 0 Å². The summed E-state index contributed by atoms with van der Waals surface area (Å²) in [6.07, 6.45) is 6.09. The number of sulfone groups is 1. The number of hydrogen-bond donors (Lipinski definition) is 0. The summed E-state index contributed by atoms with van der Waals surface area (Å²) < 4.78 is 23.4. The van der Waals surface area contributed by atoms with E-state index in [2.05, 4.69) is 12.1 Å². The fourth-order valence-electron chi connectivity index (χ4n) is 2.47. The Morgan fingerprint density at radius 1 is 1.00 bits per heavy atom. The van der Waals surface area contributed by atoms with Crippen LogP contribution in [0.5, 0.6) is 0 Å². The molecule has 0 radical (unpaired) electrons. The zero-order valence-electron chi connectivity index (χ0n) is 15.4. The number of rotatable bonds is 10. The summed E-state index contributed by atoms with van der Waals surface area (Å²) in [6, 6.07) is 8.11. The van der Waals surface area contributed by atoms with Crippen LogP contribution >= 0.6 is 0 Å². The predicted octanol–water partition coefficient (Wildman–Crippen LogP) is 3.99. The molecule has 1 amide bonds. The third-order valence-corrected chi connectivity index (χ3v) is 6.70. The zero-order valence-corrected chi connectivity index (χ0v) is 16.2. The van der Waals surface area contributed by atoms with Crippen molar-refractivity contribution in [2.45, 2.75) is 64.5 Å². The number of unbranched alkanes of at least 4 members (excludes halogenated alkanes) is 4. The second-order valence-electron chi connectivity index (χ2n) is 6.68. The van der Waals surface area contributed by atoms with Crippen LogP contribution in [0.25, 0.3) is 0 Å². The van der Waals surface area contributed by atoms with Gasteiger partial charge in [0.1, 0.15) is 0 Å². The Bertz CT molecular complexity index is 606. The Hall–Kier alpha value is -1.36. The predicted molar refractivity (Wildman–Crippen MR) is 101 cm³/mol. The monoisotopic (exact) mass is 353 g/mol. The van der Waals surface area contributed by atoms with Crippen LogP contribution in [0, 0.1) is 0 Å². The van der Waals surface area contributed by atoms with E-state index in [4.69, 9.17) is 0 Å². The molecule has 0 saturated heterocycles. The van der Waals surface area contributed by atoms with Crippen molar-refractivity contribution in [1.29, 1.82) is 0 Å². The van der Waals surface area contributed by atoms with Gasteiger partial charge in [-0.1, -0.05) is 31.4 Å². The third kappa shape index (κ3) is 7.04. The van der Waals surface area contributed by atoms with E-state index in [1.165, 1.54) is 5.56 Å². The molecule has 1 rings (SSSR count). The molecule has 0 aromatic heterocycles. The van der Waals surface area contributed by atoms with Gasteiger partial charge in [0.25, 0.3) is 0 Å². The van der Waals surface area contributed by atoms with Gasteiger partial charge in [0.15, 0.2) is 9.84 Å². The molecule has 0 aliphatic carbocycles. The molecule has 24 heavy (non-hydrogen) atoms. The molecule has 0 spiro atoms. The van der Waals surface area contributed by atoms with Gasteiger partial charge in [-0.15, -0.1) is 0 Å². The summed E-state index contributed by atoms with van der Waals surface area (Å²) in [5, 5.41) is -0.262. The van der Waals surface area contributed by atoms with Gasteiger partial charge in [-0.2, -0.15) is 0 Å². The van der Waals surface area contributed by atoms with Crippen molar-refractivity contribution in [2.24, 2.45) is 0 Å². The Kier molecular flexibility index (Phi) is 8.46. The minimum absolute atomic E-state index is 0.0298. The number of aryl methyl sites for hydroxylation is 1. The second-order valence-corrected chi connectivity index (χ2v) is 9.35. The summed E-state index contributed by atoms with van der Waals surface area (Å²) in [6.45, 7) is 5.05. The smallest absolute Gasteiger partial charge is 0.223 e. The topological polar surface area (TPSA) is 54.5 Å². The van der Waals surface area contributed by atoms with E-state index in [1.54, 1.807) is 32.7 Å². The van der Waals surface area contributed by atoms with E-state index in [9.17, 15) is 13.2 Å². The molecule has 4 nitrogen and oxygen atoms in total. The summed E-state index contributed by atoms with van der Waals surface area (Å²) in [7, 11) is -1.10. The van der Waals surface area contributed by atoms with Gasteiger partial charge in [-0.05, 0) is 50.8 Å². The van der Waals surface area contributed by atoms with Crippen LogP contribution in [0.4, 0.5) is 5.69 Å². The van der Waals surface area contributed by atoms with Crippen LogP contribution in [0.2, 0.25) is 0 Å².